The summed E-state index contributed by atoms with van der Waals surface area (Å²) in [6.45, 7) is 5.59. The van der Waals surface area contributed by atoms with Crippen molar-refractivity contribution < 1.29 is 14.3 Å². The molecule has 0 aromatic heterocycles. The third kappa shape index (κ3) is 6.78. The lowest BCUT2D eigenvalue weighted by atomic mass is 10.0. The van der Waals surface area contributed by atoms with E-state index in [2.05, 4.69) is 15.8 Å². The molecule has 0 heterocycles. The average Bonchev–Trinajstić information content (AvgIpc) is 2.70. The number of nitriles is 1. The molecule has 0 bridgehead atoms. The number of hydrogen-bond donors (Lipinski definition) is 2. The van der Waals surface area contributed by atoms with E-state index in [1.807, 2.05) is 39.0 Å². The van der Waals surface area contributed by atoms with Crippen molar-refractivity contribution in [2.75, 3.05) is 6.61 Å². The van der Waals surface area contributed by atoms with Crippen LogP contribution in [-0.2, 0) is 4.79 Å². The maximum Gasteiger partial charge on any atom is 0.262 e. The fourth-order valence-electron chi connectivity index (χ4n) is 2.50. The highest BCUT2D eigenvalue weighted by atomic mass is 16.5. The number of carbonyl (C=O) groups is 2. The van der Waals surface area contributed by atoms with Crippen LogP contribution in [0.25, 0.3) is 0 Å². The minimum atomic E-state index is -0.730. The molecule has 0 aliphatic rings. The molecule has 0 fully saturated rings. The molecule has 2 aromatic rings. The molecule has 2 rings (SSSR count). The highest BCUT2D eigenvalue weighted by Crippen LogP contribution is 2.12. The molecule has 7 heteroatoms. The average molecular weight is 392 g/mol. The summed E-state index contributed by atoms with van der Waals surface area (Å²) in [7, 11) is 0. The molecule has 7 nitrogen and oxygen atoms in total. The van der Waals surface area contributed by atoms with Gasteiger partial charge in [0.15, 0.2) is 6.61 Å². The molecule has 0 saturated heterocycles. The first-order valence-corrected chi connectivity index (χ1v) is 9.21. The topological polar surface area (TPSA) is 104 Å². The SMILES string of the molecule is Cc1ccc(C(=O)NC(C(=O)N/N=C/c2cccc(OCC#N)c2)C(C)C)cc1. The molecular weight excluding hydrogens is 368 g/mol. The van der Waals surface area contributed by atoms with Gasteiger partial charge in [0, 0.05) is 5.56 Å². The van der Waals surface area contributed by atoms with Crippen LogP contribution in [0, 0.1) is 24.2 Å². The van der Waals surface area contributed by atoms with Crippen LogP contribution in [-0.4, -0.2) is 30.7 Å². The smallest absolute Gasteiger partial charge is 0.262 e. The summed E-state index contributed by atoms with van der Waals surface area (Å²) in [4.78, 5) is 24.9. The van der Waals surface area contributed by atoms with Gasteiger partial charge >= 0.3 is 0 Å². The predicted molar refractivity (Wildman–Crippen MR) is 111 cm³/mol. The van der Waals surface area contributed by atoms with Crippen molar-refractivity contribution in [3.05, 3.63) is 65.2 Å². The van der Waals surface area contributed by atoms with E-state index in [-0.39, 0.29) is 18.4 Å². The van der Waals surface area contributed by atoms with Crippen molar-refractivity contribution >= 4 is 18.0 Å². The number of ether oxygens (including phenoxy) is 1. The zero-order chi connectivity index (χ0) is 21.2. The van der Waals surface area contributed by atoms with Crippen LogP contribution >= 0.6 is 0 Å². The summed E-state index contributed by atoms with van der Waals surface area (Å²) in [6, 6.07) is 15.3. The summed E-state index contributed by atoms with van der Waals surface area (Å²) in [6.07, 6.45) is 1.47. The molecule has 0 radical (unpaired) electrons. The third-order valence-electron chi connectivity index (χ3n) is 4.10. The first-order chi connectivity index (χ1) is 13.9. The summed E-state index contributed by atoms with van der Waals surface area (Å²) in [5.41, 5.74) is 4.71. The van der Waals surface area contributed by atoms with Crippen LogP contribution in [0.1, 0.15) is 35.3 Å². The van der Waals surface area contributed by atoms with Crippen LogP contribution in [0.2, 0.25) is 0 Å². The number of amides is 2. The van der Waals surface area contributed by atoms with Gasteiger partial charge in [0.25, 0.3) is 11.8 Å². The van der Waals surface area contributed by atoms with E-state index in [1.54, 1.807) is 36.4 Å². The largest absolute Gasteiger partial charge is 0.479 e. The number of hydrogen-bond acceptors (Lipinski definition) is 5. The van der Waals surface area contributed by atoms with Gasteiger partial charge in [0.05, 0.1) is 6.21 Å². The van der Waals surface area contributed by atoms with Crippen LogP contribution < -0.4 is 15.5 Å². The Morgan fingerprint density at radius 2 is 1.93 bits per heavy atom. The summed E-state index contributed by atoms with van der Waals surface area (Å²) in [5, 5.41) is 15.3. The van der Waals surface area contributed by atoms with Gasteiger partial charge in [-0.2, -0.15) is 10.4 Å². The van der Waals surface area contributed by atoms with E-state index in [4.69, 9.17) is 10.00 Å². The standard InChI is InChI=1S/C22H24N4O3/c1-15(2)20(25-21(27)18-9-7-16(3)8-10-18)22(28)26-24-14-17-5-4-6-19(13-17)29-12-11-23/h4-10,13-15,20H,12H2,1-3H3,(H,25,27)(H,26,28)/b24-14+. The molecule has 0 aliphatic heterocycles. The highest BCUT2D eigenvalue weighted by molar-refractivity contribution is 5.97. The normalized spacial score (nSPS) is 11.7. The number of aryl methyl sites for hydroxylation is 1. The molecule has 2 amide bonds. The second kappa shape index (κ2) is 10.6. The zero-order valence-corrected chi connectivity index (χ0v) is 16.7. The number of nitrogens with zero attached hydrogens (tertiary/aromatic N) is 2. The zero-order valence-electron chi connectivity index (χ0n) is 16.7. The van der Waals surface area contributed by atoms with E-state index in [0.717, 1.165) is 5.56 Å². The van der Waals surface area contributed by atoms with Crippen LogP contribution in [0.3, 0.4) is 0 Å². The Morgan fingerprint density at radius 3 is 2.59 bits per heavy atom. The lowest BCUT2D eigenvalue weighted by Crippen LogP contribution is -2.48. The lowest BCUT2D eigenvalue weighted by Gasteiger charge is -2.20. The molecule has 2 N–H and O–H groups in total. The van der Waals surface area contributed by atoms with Crippen molar-refractivity contribution in [3.8, 4) is 11.8 Å². The Bertz CT molecular complexity index is 914. The molecule has 0 saturated carbocycles. The number of nitrogens with one attached hydrogen (secondary N) is 2. The number of carbonyl (C=O) groups excluding carboxylic acids is 2. The Balaban J connectivity index is 1.99. The fourth-order valence-corrected chi connectivity index (χ4v) is 2.50. The van der Waals surface area contributed by atoms with Crippen molar-refractivity contribution in [3.63, 3.8) is 0 Å². The monoisotopic (exact) mass is 392 g/mol. The Kier molecular flexibility index (Phi) is 7.92. The second-order valence-electron chi connectivity index (χ2n) is 6.81. The third-order valence-corrected chi connectivity index (χ3v) is 4.10. The minimum Gasteiger partial charge on any atom is -0.479 e. The van der Waals surface area contributed by atoms with E-state index < -0.39 is 11.9 Å². The van der Waals surface area contributed by atoms with Gasteiger partial charge in [-0.3, -0.25) is 9.59 Å². The number of benzene rings is 2. The highest BCUT2D eigenvalue weighted by Gasteiger charge is 2.24. The van der Waals surface area contributed by atoms with Crippen molar-refractivity contribution in [2.24, 2.45) is 11.0 Å². The van der Waals surface area contributed by atoms with E-state index >= 15 is 0 Å². The van der Waals surface area contributed by atoms with Gasteiger partial charge in [-0.05, 0) is 42.7 Å². The van der Waals surface area contributed by atoms with Gasteiger partial charge in [0.1, 0.15) is 17.9 Å². The summed E-state index contributed by atoms with van der Waals surface area (Å²) >= 11 is 0. The van der Waals surface area contributed by atoms with Crippen LogP contribution in [0.5, 0.6) is 5.75 Å². The molecule has 150 valence electrons. The first kappa shape index (κ1) is 21.6. The van der Waals surface area contributed by atoms with Crippen molar-refractivity contribution in [1.82, 2.24) is 10.7 Å². The lowest BCUT2D eigenvalue weighted by molar-refractivity contribution is -0.123. The van der Waals surface area contributed by atoms with Gasteiger partial charge in [-0.1, -0.05) is 43.7 Å². The van der Waals surface area contributed by atoms with E-state index in [9.17, 15) is 9.59 Å². The Labute approximate surface area is 170 Å². The van der Waals surface area contributed by atoms with Gasteiger partial charge < -0.3 is 10.1 Å². The minimum absolute atomic E-state index is 0.0475. The van der Waals surface area contributed by atoms with Gasteiger partial charge in [-0.15, -0.1) is 0 Å². The van der Waals surface area contributed by atoms with E-state index in [1.165, 1.54) is 6.21 Å². The van der Waals surface area contributed by atoms with Crippen LogP contribution in [0.4, 0.5) is 0 Å². The first-order valence-electron chi connectivity index (χ1n) is 9.21. The summed E-state index contributed by atoms with van der Waals surface area (Å²) in [5.74, 6) is -0.312. The van der Waals surface area contributed by atoms with Crippen molar-refractivity contribution in [1.29, 1.82) is 5.26 Å². The number of hydrazone groups is 1. The van der Waals surface area contributed by atoms with Gasteiger partial charge in [0.2, 0.25) is 0 Å². The maximum atomic E-state index is 12.5. The quantitative estimate of drug-likeness (QED) is 0.532. The second-order valence-corrected chi connectivity index (χ2v) is 6.81. The molecule has 29 heavy (non-hydrogen) atoms. The Hall–Kier alpha value is -3.66. The van der Waals surface area contributed by atoms with Gasteiger partial charge in [-0.25, -0.2) is 5.43 Å². The molecule has 1 unspecified atom stereocenters. The predicted octanol–water partition coefficient (Wildman–Crippen LogP) is 2.80. The fraction of sp³-hybridized carbons (Fsp3) is 0.273. The molecule has 0 spiro atoms. The maximum absolute atomic E-state index is 12.5. The Morgan fingerprint density at radius 1 is 1.21 bits per heavy atom. The molecule has 0 aliphatic carbocycles. The van der Waals surface area contributed by atoms with Crippen LogP contribution in [0.15, 0.2) is 53.6 Å². The molecule has 1 atom stereocenters. The van der Waals surface area contributed by atoms with Crippen molar-refractivity contribution in [2.45, 2.75) is 26.8 Å². The molecule has 2 aromatic carbocycles. The summed E-state index contributed by atoms with van der Waals surface area (Å²) < 4.78 is 5.23. The molecular formula is C22H24N4O3. The van der Waals surface area contributed by atoms with E-state index in [0.29, 0.717) is 16.9 Å². The number of rotatable bonds is 8.